The van der Waals surface area contributed by atoms with Gasteiger partial charge in [-0.2, -0.15) is 0 Å². The molecule has 0 nitrogen and oxygen atoms in total. The lowest BCUT2D eigenvalue weighted by atomic mass is 9.90. The minimum absolute atomic E-state index is 0.354. The Hall–Kier alpha value is 0.430. The predicted molar refractivity (Wildman–Crippen MR) is 94.2 cm³/mol. The van der Waals surface area contributed by atoms with E-state index in [1.165, 1.54) is 63.9 Å². The van der Waals surface area contributed by atoms with Crippen molar-refractivity contribution in [2.75, 3.05) is 12.3 Å². The summed E-state index contributed by atoms with van der Waals surface area (Å²) >= 11 is 0. The third kappa shape index (κ3) is 5.67. The Labute approximate surface area is 129 Å². The molecule has 2 unspecified atom stereocenters. The van der Waals surface area contributed by atoms with Gasteiger partial charge in [0.15, 0.2) is 0 Å². The van der Waals surface area contributed by atoms with E-state index in [9.17, 15) is 0 Å². The van der Waals surface area contributed by atoms with Gasteiger partial charge in [0.25, 0.3) is 0 Å². The van der Waals surface area contributed by atoms with Crippen LogP contribution in [-0.2, 0) is 0 Å². The minimum atomic E-state index is 0.354. The van der Waals surface area contributed by atoms with E-state index in [-0.39, 0.29) is 0 Å². The molecule has 0 radical (unpaired) electrons. The van der Waals surface area contributed by atoms with Gasteiger partial charge in [0.1, 0.15) is 0 Å². The zero-order chi connectivity index (χ0) is 14.0. The average Bonchev–Trinajstić information content (AvgIpc) is 2.68. The van der Waals surface area contributed by atoms with Crippen molar-refractivity contribution in [3.8, 4) is 0 Å². The molecule has 1 heterocycles. The first-order valence-corrected chi connectivity index (χ1v) is 11.4. The maximum Gasteiger partial charge on any atom is -0.0181 e. The lowest BCUT2D eigenvalue weighted by Crippen LogP contribution is -2.21. The Morgan fingerprint density at radius 3 is 1.75 bits per heavy atom. The van der Waals surface area contributed by atoms with E-state index in [4.69, 9.17) is 0 Å². The Balaban J connectivity index is 1.97. The highest BCUT2D eigenvalue weighted by atomic mass is 31.1. The highest BCUT2D eigenvalue weighted by Crippen LogP contribution is 2.50. The van der Waals surface area contributed by atoms with Gasteiger partial charge in [-0.15, -0.1) is 7.92 Å². The third-order valence-electron chi connectivity index (χ3n) is 5.76. The molecule has 2 fully saturated rings. The quantitative estimate of drug-likeness (QED) is 0.483. The van der Waals surface area contributed by atoms with E-state index < -0.39 is 0 Å². The fourth-order valence-electron chi connectivity index (χ4n) is 4.52. The van der Waals surface area contributed by atoms with Crippen molar-refractivity contribution in [3.63, 3.8) is 0 Å². The van der Waals surface area contributed by atoms with Crippen LogP contribution in [-0.4, -0.2) is 18.0 Å². The van der Waals surface area contributed by atoms with Gasteiger partial charge in [-0.3, -0.25) is 0 Å². The van der Waals surface area contributed by atoms with Gasteiger partial charge in [0.05, 0.1) is 0 Å². The van der Waals surface area contributed by atoms with Crippen LogP contribution >= 0.6 is 7.92 Å². The summed E-state index contributed by atoms with van der Waals surface area (Å²) in [4.78, 5) is 0. The zero-order valence-electron chi connectivity index (χ0n) is 13.9. The van der Waals surface area contributed by atoms with E-state index in [0.717, 1.165) is 11.6 Å². The summed E-state index contributed by atoms with van der Waals surface area (Å²) in [6.45, 7) is 2.49. The number of hydrogen-bond acceptors (Lipinski definition) is 0. The lowest BCUT2D eigenvalue weighted by molar-refractivity contribution is 0.390. The molecule has 0 bridgehead atoms. The monoisotopic (exact) mass is 296 g/mol. The summed E-state index contributed by atoms with van der Waals surface area (Å²) in [5.74, 6) is 1.11. The molecular weight excluding hydrogens is 259 g/mol. The van der Waals surface area contributed by atoms with Crippen LogP contribution in [0.1, 0.15) is 96.8 Å². The van der Waals surface area contributed by atoms with Crippen LogP contribution in [0.4, 0.5) is 0 Å². The van der Waals surface area contributed by atoms with Gasteiger partial charge in [-0.1, -0.05) is 71.1 Å². The van der Waals surface area contributed by atoms with Gasteiger partial charge in [-0.05, 0) is 49.6 Å². The van der Waals surface area contributed by atoms with Gasteiger partial charge >= 0.3 is 0 Å². The SMILES string of the molecule is CCP1CCCCCCCC1C1CCCCCCCC1. The second-order valence-corrected chi connectivity index (χ2v) is 10.1. The van der Waals surface area contributed by atoms with Gasteiger partial charge in [0.2, 0.25) is 0 Å². The molecule has 0 N–H and O–H groups in total. The Morgan fingerprint density at radius 2 is 1.15 bits per heavy atom. The van der Waals surface area contributed by atoms with E-state index in [2.05, 4.69) is 6.92 Å². The van der Waals surface area contributed by atoms with Crippen LogP contribution < -0.4 is 0 Å². The lowest BCUT2D eigenvalue weighted by Gasteiger charge is -2.34. The minimum Gasteiger partial charge on any atom is -0.104 e. The normalized spacial score (nSPS) is 32.2. The summed E-state index contributed by atoms with van der Waals surface area (Å²) in [6, 6.07) is 0. The maximum absolute atomic E-state index is 2.49. The van der Waals surface area contributed by atoms with Gasteiger partial charge < -0.3 is 0 Å². The van der Waals surface area contributed by atoms with E-state index in [0.29, 0.717) is 7.92 Å². The topological polar surface area (TPSA) is 0 Å². The second-order valence-electron chi connectivity index (χ2n) is 7.21. The van der Waals surface area contributed by atoms with E-state index in [1.807, 2.05) is 0 Å². The first-order valence-electron chi connectivity index (χ1n) is 9.66. The maximum atomic E-state index is 2.49. The number of rotatable bonds is 2. The summed E-state index contributed by atoms with van der Waals surface area (Å²) in [7, 11) is 0.354. The van der Waals surface area contributed by atoms with Crippen LogP contribution in [0.2, 0.25) is 0 Å². The number of hydrogen-bond donors (Lipinski definition) is 0. The van der Waals surface area contributed by atoms with Crippen molar-refractivity contribution in [1.82, 2.24) is 0 Å². The molecule has 2 atom stereocenters. The molecule has 0 spiro atoms. The van der Waals surface area contributed by atoms with Gasteiger partial charge in [-0.25, -0.2) is 0 Å². The summed E-state index contributed by atoms with van der Waals surface area (Å²) in [5, 5.41) is 0. The van der Waals surface area contributed by atoms with Crippen molar-refractivity contribution in [1.29, 1.82) is 0 Å². The van der Waals surface area contributed by atoms with E-state index >= 15 is 0 Å². The Kier molecular flexibility index (Phi) is 8.57. The summed E-state index contributed by atoms with van der Waals surface area (Å²) < 4.78 is 0. The molecule has 0 amide bonds. The molecular formula is C19H37P. The molecule has 2 rings (SSSR count). The molecule has 1 heteroatoms. The molecule has 2 aliphatic rings. The largest absolute Gasteiger partial charge is 0.104 e. The first kappa shape index (κ1) is 16.8. The summed E-state index contributed by atoms with van der Waals surface area (Å²) in [5.41, 5.74) is 1.14. The van der Waals surface area contributed by atoms with Crippen molar-refractivity contribution in [2.24, 2.45) is 5.92 Å². The average molecular weight is 296 g/mol. The standard InChI is InChI=1S/C19H37P/c1-2-20-17-13-9-5-8-12-16-19(20)18-14-10-6-3-4-7-11-15-18/h18-19H,2-17H2,1H3. The van der Waals surface area contributed by atoms with Gasteiger partial charge in [0, 0.05) is 0 Å². The molecule has 1 aliphatic carbocycles. The zero-order valence-corrected chi connectivity index (χ0v) is 14.8. The second kappa shape index (κ2) is 10.2. The van der Waals surface area contributed by atoms with Crippen LogP contribution in [0.5, 0.6) is 0 Å². The third-order valence-corrected chi connectivity index (χ3v) is 9.09. The smallest absolute Gasteiger partial charge is 0.0181 e. The molecule has 0 aromatic rings. The molecule has 1 saturated carbocycles. The van der Waals surface area contributed by atoms with Crippen LogP contribution in [0.25, 0.3) is 0 Å². The Bertz CT molecular complexity index is 228. The van der Waals surface area contributed by atoms with E-state index in [1.54, 1.807) is 38.3 Å². The van der Waals surface area contributed by atoms with Crippen LogP contribution in [0.3, 0.4) is 0 Å². The highest BCUT2D eigenvalue weighted by Gasteiger charge is 2.27. The fourth-order valence-corrected chi connectivity index (χ4v) is 7.71. The predicted octanol–water partition coefficient (Wildman–Crippen LogP) is 6.96. The van der Waals surface area contributed by atoms with Crippen molar-refractivity contribution < 1.29 is 0 Å². The van der Waals surface area contributed by atoms with Crippen molar-refractivity contribution in [2.45, 2.75) is 102 Å². The van der Waals surface area contributed by atoms with Crippen molar-refractivity contribution in [3.05, 3.63) is 0 Å². The molecule has 20 heavy (non-hydrogen) atoms. The van der Waals surface area contributed by atoms with Crippen LogP contribution in [0.15, 0.2) is 0 Å². The first-order chi connectivity index (χ1) is 9.92. The molecule has 118 valence electrons. The van der Waals surface area contributed by atoms with Crippen molar-refractivity contribution >= 4 is 7.92 Å². The highest BCUT2D eigenvalue weighted by molar-refractivity contribution is 7.58. The molecule has 1 saturated heterocycles. The fraction of sp³-hybridized carbons (Fsp3) is 1.00. The summed E-state index contributed by atoms with van der Waals surface area (Å²) in [6.07, 6.45) is 24.6. The molecule has 1 aliphatic heterocycles. The van der Waals surface area contributed by atoms with Crippen LogP contribution in [0, 0.1) is 5.92 Å². The molecule has 0 aromatic heterocycles. The molecule has 0 aromatic carbocycles. The Morgan fingerprint density at radius 1 is 0.650 bits per heavy atom.